The molecule has 2 aromatic rings. The highest BCUT2D eigenvalue weighted by Crippen LogP contribution is 2.37. The molecule has 1 unspecified atom stereocenters. The lowest BCUT2D eigenvalue weighted by atomic mass is 9.88. The van der Waals surface area contributed by atoms with Crippen LogP contribution in [0, 0.1) is 0 Å². The van der Waals surface area contributed by atoms with Gasteiger partial charge in [-0.2, -0.15) is 0 Å². The highest BCUT2D eigenvalue weighted by molar-refractivity contribution is 5.50. The van der Waals surface area contributed by atoms with Crippen molar-refractivity contribution in [1.82, 2.24) is 0 Å². The quantitative estimate of drug-likeness (QED) is 0.648. The van der Waals surface area contributed by atoms with Gasteiger partial charge in [0.2, 0.25) is 0 Å². The lowest BCUT2D eigenvalue weighted by molar-refractivity contribution is 0.401. The number of hydrogen-bond acceptors (Lipinski definition) is 4. The van der Waals surface area contributed by atoms with Crippen molar-refractivity contribution >= 4 is 0 Å². The number of benzene rings is 2. The van der Waals surface area contributed by atoms with E-state index in [0.29, 0.717) is 0 Å². The Bertz CT molecular complexity index is 635. The molecule has 4 N–H and O–H groups in total. The molecule has 106 valence electrons. The van der Waals surface area contributed by atoms with Gasteiger partial charge in [-0.05, 0) is 47.4 Å². The van der Waals surface area contributed by atoms with Crippen LogP contribution in [0.25, 0.3) is 0 Å². The summed E-state index contributed by atoms with van der Waals surface area (Å²) in [6.45, 7) is 3.91. The number of hydrogen-bond donors (Lipinski definition) is 4. The fraction of sp³-hybridized carbons (Fsp3) is 0.250. The van der Waals surface area contributed by atoms with Gasteiger partial charge in [0.25, 0.3) is 0 Å². The lowest BCUT2D eigenvalue weighted by Gasteiger charge is -2.18. The first-order chi connectivity index (χ1) is 9.43. The minimum Gasteiger partial charge on any atom is -0.504 e. The number of aryl methyl sites for hydroxylation is 1. The fourth-order valence-electron chi connectivity index (χ4n) is 2.33. The van der Waals surface area contributed by atoms with Crippen molar-refractivity contribution in [1.29, 1.82) is 0 Å². The second-order valence-electron chi connectivity index (χ2n) is 4.86. The summed E-state index contributed by atoms with van der Waals surface area (Å²) in [6.07, 6.45) is 0.720. The molecule has 2 aromatic carbocycles. The van der Waals surface area contributed by atoms with Crippen LogP contribution in [0.5, 0.6) is 23.0 Å². The smallest absolute Gasteiger partial charge is 0.157 e. The summed E-state index contributed by atoms with van der Waals surface area (Å²) in [6, 6.07) is 7.77. The molecular weight excluding hydrogens is 256 g/mol. The van der Waals surface area contributed by atoms with Gasteiger partial charge >= 0.3 is 0 Å². The lowest BCUT2D eigenvalue weighted by Crippen LogP contribution is -2.00. The maximum Gasteiger partial charge on any atom is 0.157 e. The average Bonchev–Trinajstić information content (AvgIpc) is 2.43. The molecular formula is C16H18O4. The van der Waals surface area contributed by atoms with Crippen molar-refractivity contribution in [3.8, 4) is 23.0 Å². The standard InChI is InChI=1S/C16H18O4/c1-3-10-6-15(19)16(20)8-12(10)9(2)11-4-5-13(17)14(18)7-11/h4-9,17-20H,3H2,1-2H3. The molecule has 4 nitrogen and oxygen atoms in total. The van der Waals surface area contributed by atoms with E-state index in [-0.39, 0.29) is 28.9 Å². The summed E-state index contributed by atoms with van der Waals surface area (Å²) in [7, 11) is 0. The normalized spacial score (nSPS) is 12.3. The minimum atomic E-state index is -0.171. The Balaban J connectivity index is 2.49. The molecule has 0 aliphatic heterocycles. The molecule has 0 aliphatic rings. The molecule has 0 aromatic heterocycles. The molecule has 0 heterocycles. The van der Waals surface area contributed by atoms with Gasteiger partial charge in [0.15, 0.2) is 23.0 Å². The predicted octanol–water partition coefficient (Wildman–Crippen LogP) is 3.22. The first-order valence-corrected chi connectivity index (χ1v) is 6.50. The maximum atomic E-state index is 9.68. The van der Waals surface area contributed by atoms with Crippen LogP contribution in [0.15, 0.2) is 30.3 Å². The van der Waals surface area contributed by atoms with E-state index in [1.165, 1.54) is 12.1 Å². The van der Waals surface area contributed by atoms with E-state index < -0.39 is 0 Å². The molecule has 20 heavy (non-hydrogen) atoms. The van der Waals surface area contributed by atoms with Gasteiger partial charge in [-0.3, -0.25) is 0 Å². The van der Waals surface area contributed by atoms with Crippen LogP contribution < -0.4 is 0 Å². The van der Waals surface area contributed by atoms with Crippen molar-refractivity contribution in [2.45, 2.75) is 26.2 Å². The van der Waals surface area contributed by atoms with Crippen LogP contribution in [0.1, 0.15) is 36.5 Å². The van der Waals surface area contributed by atoms with Crippen LogP contribution in [0.4, 0.5) is 0 Å². The van der Waals surface area contributed by atoms with Gasteiger partial charge in [0.1, 0.15) is 0 Å². The zero-order valence-corrected chi connectivity index (χ0v) is 11.5. The Morgan fingerprint density at radius 2 is 1.45 bits per heavy atom. The summed E-state index contributed by atoms with van der Waals surface area (Å²) < 4.78 is 0. The van der Waals surface area contributed by atoms with E-state index in [2.05, 4.69) is 0 Å². The molecule has 0 bridgehead atoms. The summed E-state index contributed by atoms with van der Waals surface area (Å²) in [4.78, 5) is 0. The average molecular weight is 274 g/mol. The van der Waals surface area contributed by atoms with E-state index in [9.17, 15) is 20.4 Å². The first-order valence-electron chi connectivity index (χ1n) is 6.50. The topological polar surface area (TPSA) is 80.9 Å². The van der Waals surface area contributed by atoms with Gasteiger partial charge in [-0.15, -0.1) is 0 Å². The summed E-state index contributed by atoms with van der Waals surface area (Å²) in [5.41, 5.74) is 2.63. The SMILES string of the molecule is CCc1cc(O)c(O)cc1C(C)c1ccc(O)c(O)c1. The number of aromatic hydroxyl groups is 4. The van der Waals surface area contributed by atoms with E-state index >= 15 is 0 Å². The maximum absolute atomic E-state index is 9.68. The third kappa shape index (κ3) is 2.50. The highest BCUT2D eigenvalue weighted by Gasteiger charge is 2.16. The summed E-state index contributed by atoms with van der Waals surface area (Å²) >= 11 is 0. The number of phenols is 4. The van der Waals surface area contributed by atoms with Crippen molar-refractivity contribution in [2.75, 3.05) is 0 Å². The molecule has 0 aliphatic carbocycles. The van der Waals surface area contributed by atoms with Gasteiger partial charge in [-0.1, -0.05) is 19.9 Å². The Morgan fingerprint density at radius 1 is 0.850 bits per heavy atom. The summed E-state index contributed by atoms with van der Waals surface area (Å²) in [5, 5.41) is 38.2. The molecule has 0 radical (unpaired) electrons. The van der Waals surface area contributed by atoms with Crippen molar-refractivity contribution in [3.63, 3.8) is 0 Å². The fourth-order valence-corrected chi connectivity index (χ4v) is 2.33. The summed E-state index contributed by atoms with van der Waals surface area (Å²) in [5.74, 6) is -0.707. The third-order valence-corrected chi connectivity index (χ3v) is 3.58. The molecule has 0 fully saturated rings. The van der Waals surface area contributed by atoms with Crippen LogP contribution >= 0.6 is 0 Å². The second-order valence-corrected chi connectivity index (χ2v) is 4.86. The first kappa shape index (κ1) is 14.1. The molecule has 0 saturated carbocycles. The van der Waals surface area contributed by atoms with E-state index in [0.717, 1.165) is 23.1 Å². The number of phenolic OH excluding ortho intramolecular Hbond substituents is 4. The molecule has 0 spiro atoms. The molecule has 4 heteroatoms. The Morgan fingerprint density at radius 3 is 2.05 bits per heavy atom. The van der Waals surface area contributed by atoms with Gasteiger partial charge in [0, 0.05) is 5.92 Å². The third-order valence-electron chi connectivity index (χ3n) is 3.58. The van der Waals surface area contributed by atoms with Gasteiger partial charge in [-0.25, -0.2) is 0 Å². The number of rotatable bonds is 3. The Hall–Kier alpha value is -2.36. The monoisotopic (exact) mass is 274 g/mol. The van der Waals surface area contributed by atoms with Crippen LogP contribution in [0.3, 0.4) is 0 Å². The van der Waals surface area contributed by atoms with Gasteiger partial charge in [0.05, 0.1) is 0 Å². The van der Waals surface area contributed by atoms with E-state index in [1.807, 2.05) is 13.8 Å². The Kier molecular flexibility index (Phi) is 3.74. The Labute approximate surface area is 117 Å². The molecule has 0 saturated heterocycles. The highest BCUT2D eigenvalue weighted by atomic mass is 16.3. The van der Waals surface area contributed by atoms with E-state index in [4.69, 9.17) is 0 Å². The van der Waals surface area contributed by atoms with E-state index in [1.54, 1.807) is 18.2 Å². The molecule has 0 amide bonds. The van der Waals surface area contributed by atoms with Crippen LogP contribution in [-0.2, 0) is 6.42 Å². The van der Waals surface area contributed by atoms with Crippen molar-refractivity contribution in [3.05, 3.63) is 47.0 Å². The predicted molar refractivity (Wildman–Crippen MR) is 76.4 cm³/mol. The largest absolute Gasteiger partial charge is 0.504 e. The van der Waals surface area contributed by atoms with Crippen LogP contribution in [0.2, 0.25) is 0 Å². The minimum absolute atomic E-state index is 0.0806. The zero-order chi connectivity index (χ0) is 14.9. The van der Waals surface area contributed by atoms with Crippen molar-refractivity contribution in [2.24, 2.45) is 0 Å². The van der Waals surface area contributed by atoms with Crippen molar-refractivity contribution < 1.29 is 20.4 Å². The van der Waals surface area contributed by atoms with Crippen LogP contribution in [-0.4, -0.2) is 20.4 Å². The molecule has 1 atom stereocenters. The second kappa shape index (κ2) is 5.33. The molecule has 2 rings (SSSR count). The zero-order valence-electron chi connectivity index (χ0n) is 11.5. The van der Waals surface area contributed by atoms with Gasteiger partial charge < -0.3 is 20.4 Å².